The third kappa shape index (κ3) is 10.5. The molecule has 0 saturated heterocycles. The van der Waals surface area contributed by atoms with Crippen LogP contribution in [0, 0.1) is 12.8 Å². The quantitative estimate of drug-likeness (QED) is 0.824. The normalized spacial score (nSPS) is 10.6. The Hall–Kier alpha value is -0.687. The Labute approximate surface area is 124 Å². The van der Waals surface area contributed by atoms with E-state index < -0.39 is 5.97 Å². The van der Waals surface area contributed by atoms with E-state index >= 15 is 0 Å². The molecular formula is C15H24O2Zn. The van der Waals surface area contributed by atoms with Gasteiger partial charge in [-0.05, 0) is 19.8 Å². The minimum absolute atomic E-state index is 0. The van der Waals surface area contributed by atoms with Gasteiger partial charge in [0.25, 0.3) is 0 Å². The molecular weight excluding hydrogens is 278 g/mol. The molecule has 3 heteroatoms. The first kappa shape index (κ1) is 19.6. The fourth-order valence-corrected chi connectivity index (χ4v) is 1.49. The molecule has 18 heavy (non-hydrogen) atoms. The second-order valence-electron chi connectivity index (χ2n) is 4.24. The van der Waals surface area contributed by atoms with E-state index in [-0.39, 0.29) is 25.4 Å². The molecule has 98 valence electrons. The molecule has 1 aromatic carbocycles. The van der Waals surface area contributed by atoms with Crippen molar-refractivity contribution in [1.29, 1.82) is 0 Å². The van der Waals surface area contributed by atoms with Gasteiger partial charge in [0.15, 0.2) is 0 Å². The minimum atomic E-state index is -0.643. The maximum absolute atomic E-state index is 10.4. The van der Waals surface area contributed by atoms with Gasteiger partial charge in [0.05, 0.1) is 5.92 Å². The molecule has 0 radical (unpaired) electrons. The molecule has 0 saturated carbocycles. The van der Waals surface area contributed by atoms with Crippen LogP contribution in [0.5, 0.6) is 0 Å². The van der Waals surface area contributed by atoms with Crippen LogP contribution in [-0.4, -0.2) is 11.1 Å². The zero-order valence-corrected chi connectivity index (χ0v) is 14.8. The third-order valence-electron chi connectivity index (χ3n) is 2.69. The van der Waals surface area contributed by atoms with Crippen molar-refractivity contribution >= 4 is 5.97 Å². The standard InChI is InChI=1S/C8H16O2.C7H8.Zn/c1-3-5-6-7(4-2)8(9)10;1-7-5-3-2-4-6-7;/h7H,3-6H2,1-2H3,(H,9,10);2-6H,1H3;. The van der Waals surface area contributed by atoms with Crippen LogP contribution >= 0.6 is 0 Å². The van der Waals surface area contributed by atoms with Gasteiger partial charge in [-0.25, -0.2) is 0 Å². The van der Waals surface area contributed by atoms with Crippen LogP contribution in [0.3, 0.4) is 0 Å². The summed E-state index contributed by atoms with van der Waals surface area (Å²) in [5.41, 5.74) is 1.32. The maximum atomic E-state index is 10.4. The Kier molecular flexibility index (Phi) is 13.9. The van der Waals surface area contributed by atoms with Gasteiger partial charge in [-0.15, -0.1) is 0 Å². The topological polar surface area (TPSA) is 37.3 Å². The second kappa shape index (κ2) is 12.8. The first-order valence-corrected chi connectivity index (χ1v) is 6.36. The fraction of sp³-hybridized carbons (Fsp3) is 0.533. The van der Waals surface area contributed by atoms with Gasteiger partial charge in [0.2, 0.25) is 0 Å². The van der Waals surface area contributed by atoms with Gasteiger partial charge < -0.3 is 5.11 Å². The Morgan fingerprint density at radius 3 is 2.06 bits per heavy atom. The minimum Gasteiger partial charge on any atom is -0.481 e. The SMILES string of the molecule is CCCCC(CC)C(=O)O.Cc1ccccc1.[Zn]. The predicted molar refractivity (Wildman–Crippen MR) is 72.1 cm³/mol. The van der Waals surface area contributed by atoms with Crippen LogP contribution in [0.2, 0.25) is 0 Å². The summed E-state index contributed by atoms with van der Waals surface area (Å²) >= 11 is 0. The van der Waals surface area contributed by atoms with E-state index in [1.165, 1.54) is 5.56 Å². The second-order valence-corrected chi connectivity index (χ2v) is 4.24. The molecule has 0 bridgehead atoms. The number of aryl methyl sites for hydroxylation is 1. The smallest absolute Gasteiger partial charge is 0.306 e. The van der Waals surface area contributed by atoms with E-state index in [0.29, 0.717) is 0 Å². The number of hydrogen-bond acceptors (Lipinski definition) is 1. The van der Waals surface area contributed by atoms with Crippen molar-refractivity contribution < 1.29 is 29.4 Å². The van der Waals surface area contributed by atoms with Crippen molar-refractivity contribution in [2.45, 2.75) is 46.5 Å². The van der Waals surface area contributed by atoms with Crippen molar-refractivity contribution in [2.75, 3.05) is 0 Å². The molecule has 0 fully saturated rings. The summed E-state index contributed by atoms with van der Waals surface area (Å²) in [6.45, 7) is 6.09. The van der Waals surface area contributed by atoms with Crippen molar-refractivity contribution in [3.63, 3.8) is 0 Å². The molecule has 1 N–H and O–H groups in total. The molecule has 0 spiro atoms. The predicted octanol–water partition coefficient (Wildman–Crippen LogP) is 4.28. The van der Waals surface area contributed by atoms with Gasteiger partial charge >= 0.3 is 5.97 Å². The summed E-state index contributed by atoms with van der Waals surface area (Å²) in [4.78, 5) is 10.4. The molecule has 0 aliphatic rings. The van der Waals surface area contributed by atoms with Crippen LogP contribution in [-0.2, 0) is 24.3 Å². The van der Waals surface area contributed by atoms with Gasteiger partial charge in [-0.2, -0.15) is 0 Å². The average molecular weight is 302 g/mol. The summed E-state index contributed by atoms with van der Waals surface area (Å²) in [7, 11) is 0. The zero-order valence-electron chi connectivity index (χ0n) is 11.9. The summed E-state index contributed by atoms with van der Waals surface area (Å²) in [5, 5.41) is 8.60. The number of carbonyl (C=O) groups is 1. The molecule has 1 atom stereocenters. The van der Waals surface area contributed by atoms with Gasteiger partial charge in [-0.1, -0.05) is 62.6 Å². The van der Waals surface area contributed by atoms with E-state index in [0.717, 1.165) is 25.7 Å². The molecule has 0 aliphatic heterocycles. The number of aliphatic carboxylic acids is 1. The Balaban J connectivity index is 0. The van der Waals surface area contributed by atoms with Crippen molar-refractivity contribution in [3.8, 4) is 0 Å². The van der Waals surface area contributed by atoms with Crippen molar-refractivity contribution in [3.05, 3.63) is 35.9 Å². The summed E-state index contributed by atoms with van der Waals surface area (Å²) in [5.74, 6) is -0.754. The van der Waals surface area contributed by atoms with E-state index in [2.05, 4.69) is 26.0 Å². The Morgan fingerprint density at radius 1 is 1.22 bits per heavy atom. The van der Waals surface area contributed by atoms with Crippen molar-refractivity contribution in [1.82, 2.24) is 0 Å². The molecule has 1 aromatic rings. The molecule has 0 heterocycles. The molecule has 0 amide bonds. The number of hydrogen-bond donors (Lipinski definition) is 1. The first-order chi connectivity index (χ1) is 8.11. The Morgan fingerprint density at radius 2 is 1.78 bits per heavy atom. The number of carboxylic acids is 1. The first-order valence-electron chi connectivity index (χ1n) is 6.36. The molecule has 2 nitrogen and oxygen atoms in total. The molecule has 1 unspecified atom stereocenters. The van der Waals surface area contributed by atoms with Crippen molar-refractivity contribution in [2.24, 2.45) is 5.92 Å². The van der Waals surface area contributed by atoms with Crippen LogP contribution in [0.4, 0.5) is 0 Å². The number of unbranched alkanes of at least 4 members (excludes halogenated alkanes) is 1. The summed E-state index contributed by atoms with van der Waals surface area (Å²) in [6.07, 6.45) is 3.71. The van der Waals surface area contributed by atoms with Crippen LogP contribution in [0.1, 0.15) is 45.1 Å². The van der Waals surface area contributed by atoms with E-state index in [1.54, 1.807) is 0 Å². The largest absolute Gasteiger partial charge is 0.481 e. The number of benzene rings is 1. The molecule has 0 aliphatic carbocycles. The third-order valence-corrected chi connectivity index (χ3v) is 2.69. The fourth-order valence-electron chi connectivity index (χ4n) is 1.49. The van der Waals surface area contributed by atoms with Gasteiger partial charge in [0, 0.05) is 19.5 Å². The maximum Gasteiger partial charge on any atom is 0.306 e. The summed E-state index contributed by atoms with van der Waals surface area (Å²) < 4.78 is 0. The van der Waals surface area contributed by atoms with Gasteiger partial charge in [0.1, 0.15) is 0 Å². The Bertz CT molecular complexity index is 299. The van der Waals surface area contributed by atoms with E-state index in [9.17, 15) is 4.79 Å². The molecule has 0 aromatic heterocycles. The van der Waals surface area contributed by atoms with E-state index in [1.807, 2.05) is 25.1 Å². The van der Waals surface area contributed by atoms with E-state index in [4.69, 9.17) is 5.11 Å². The van der Waals surface area contributed by atoms with Crippen LogP contribution in [0.15, 0.2) is 30.3 Å². The van der Waals surface area contributed by atoms with Crippen LogP contribution < -0.4 is 0 Å². The number of carboxylic acid groups (broad SMARTS) is 1. The molecule has 1 rings (SSSR count). The monoisotopic (exact) mass is 300 g/mol. The average Bonchev–Trinajstić information content (AvgIpc) is 2.31. The van der Waals surface area contributed by atoms with Crippen LogP contribution in [0.25, 0.3) is 0 Å². The number of rotatable bonds is 5. The summed E-state index contributed by atoms with van der Waals surface area (Å²) in [6, 6.07) is 10.3. The zero-order chi connectivity index (χ0) is 13.1. The van der Waals surface area contributed by atoms with Gasteiger partial charge in [-0.3, -0.25) is 4.79 Å².